The van der Waals surface area contributed by atoms with Crippen LogP contribution in [0.1, 0.15) is 64.1 Å². The summed E-state index contributed by atoms with van der Waals surface area (Å²) in [5.41, 5.74) is 1.90. The van der Waals surface area contributed by atoms with Gasteiger partial charge in [-0.3, -0.25) is 25.1 Å². The fourth-order valence-electron chi connectivity index (χ4n) is 6.19. The Morgan fingerprint density at radius 3 is 1.22 bits per heavy atom. The van der Waals surface area contributed by atoms with Crippen LogP contribution in [0.3, 0.4) is 0 Å². The molecule has 0 amide bonds. The Morgan fingerprint density at radius 1 is 0.517 bits per heavy atom. The van der Waals surface area contributed by atoms with Gasteiger partial charge in [0.25, 0.3) is 0 Å². The minimum absolute atomic E-state index is 0. The van der Waals surface area contributed by atoms with E-state index in [-0.39, 0.29) is 55.2 Å². The first kappa shape index (κ1) is 42.1. The molecule has 0 aliphatic carbocycles. The van der Waals surface area contributed by atoms with Crippen LogP contribution in [0.5, 0.6) is 0 Å². The quantitative estimate of drug-likeness (QED) is 0.118. The normalized spacial score (nSPS) is 12.3. The van der Waals surface area contributed by atoms with E-state index in [0.717, 1.165) is 32.6 Å². The predicted molar refractivity (Wildman–Crippen MR) is 207 cm³/mol. The Balaban J connectivity index is 0.00000567. The topological polar surface area (TPSA) is 64.7 Å². The molecule has 0 aliphatic heterocycles. The van der Waals surface area contributed by atoms with Crippen molar-refractivity contribution >= 4 is 17.3 Å². The molecular formula is C44H37F6N7Pt. The fourth-order valence-corrected chi connectivity index (χ4v) is 6.19. The number of benzene rings is 3. The van der Waals surface area contributed by atoms with Crippen molar-refractivity contribution in [1.29, 1.82) is 0 Å². The second kappa shape index (κ2) is 15.7. The van der Waals surface area contributed by atoms with Gasteiger partial charge >= 0.3 is 33.4 Å². The van der Waals surface area contributed by atoms with E-state index in [1.807, 2.05) is 24.3 Å². The van der Waals surface area contributed by atoms with Gasteiger partial charge in [0.2, 0.25) is 0 Å². The smallest absolute Gasteiger partial charge is 0.343 e. The average Bonchev–Trinajstić information content (AvgIpc) is 3.87. The molecule has 4 aromatic heterocycles. The molecular weight excluding hydrogens is 936 g/mol. The second-order valence-electron chi connectivity index (χ2n) is 15.6. The maximum absolute atomic E-state index is 13.9. The van der Waals surface area contributed by atoms with E-state index in [1.165, 1.54) is 0 Å². The summed E-state index contributed by atoms with van der Waals surface area (Å²) in [6, 6.07) is 32.6. The van der Waals surface area contributed by atoms with E-state index >= 15 is 0 Å². The fraction of sp³-hybridized carbons (Fsp3) is 0.227. The van der Waals surface area contributed by atoms with Crippen molar-refractivity contribution < 1.29 is 47.4 Å². The number of alkyl halides is 6. The Kier molecular flexibility index (Phi) is 11.4. The van der Waals surface area contributed by atoms with Gasteiger partial charge in [-0.15, -0.1) is 12.1 Å². The van der Waals surface area contributed by atoms with Crippen LogP contribution in [0.15, 0.2) is 115 Å². The summed E-state index contributed by atoms with van der Waals surface area (Å²) in [5, 5.41) is 7.66. The molecule has 0 radical (unpaired) electrons. The van der Waals surface area contributed by atoms with Gasteiger partial charge in [0, 0.05) is 5.69 Å². The number of nitrogens with zero attached hydrogens (tertiary/aromatic N) is 7. The number of hydrogen-bond acceptors (Lipinski definition) is 5. The molecule has 0 atom stereocenters. The van der Waals surface area contributed by atoms with Crippen LogP contribution >= 0.6 is 0 Å². The van der Waals surface area contributed by atoms with Crippen LogP contribution in [-0.4, -0.2) is 29.5 Å². The largest absolute Gasteiger partial charge is 2.00 e. The molecule has 3 aromatic carbocycles. The SMILES string of the molecule is CC(C)(C)c1cc(N(c2ccc(-c3ccccc3)c(-n3[c-]cc(C(F)(F)F)n3)n2)c2ccc(-c3ccccc3)c(-n3[c-]cc(C(F)(F)F)n3)n2)cc(C(C)(C)C)c1.[Pt+2]. The number of rotatable bonds is 7. The van der Waals surface area contributed by atoms with E-state index in [1.54, 1.807) is 77.7 Å². The summed E-state index contributed by atoms with van der Waals surface area (Å²) in [6.45, 7) is 12.5. The van der Waals surface area contributed by atoms with E-state index in [4.69, 9.17) is 9.97 Å². The monoisotopic (exact) mass is 972 g/mol. The van der Waals surface area contributed by atoms with E-state index in [9.17, 15) is 26.3 Å². The van der Waals surface area contributed by atoms with Gasteiger partial charge in [0.05, 0.1) is 23.0 Å². The zero-order chi connectivity index (χ0) is 40.9. The maximum atomic E-state index is 13.9. The summed E-state index contributed by atoms with van der Waals surface area (Å²) in [5.74, 6) is 0.580. The van der Waals surface area contributed by atoms with Crippen molar-refractivity contribution in [3.05, 3.63) is 150 Å². The zero-order valence-electron chi connectivity index (χ0n) is 32.2. The molecule has 0 N–H and O–H groups in total. The average molecular weight is 973 g/mol. The molecule has 58 heavy (non-hydrogen) atoms. The van der Waals surface area contributed by atoms with Gasteiger partial charge in [0.1, 0.15) is 11.6 Å². The van der Waals surface area contributed by atoms with Gasteiger partial charge in [-0.2, -0.15) is 26.3 Å². The summed E-state index contributed by atoms with van der Waals surface area (Å²) in [7, 11) is 0. The standard InChI is InChI=1S/C44H37F6N7.Pt/c1-41(2,3)30-25-31(42(4,5)6)27-32(26-30)57(37-19-17-33(28-13-9-7-10-14-28)39(51-37)55-23-21-35(53-55)43(45,46)47)38-20-18-34(29-15-11-8-12-16-29)40(52-38)56-24-22-36(54-56)44(48,49)50;/h7-22,25-27H,1-6H3;/q-2;+2. The Hall–Kier alpha value is -5.55. The number of anilines is 3. The molecule has 14 heteroatoms. The molecule has 7 rings (SSSR count). The number of hydrogen-bond donors (Lipinski definition) is 0. The van der Waals surface area contributed by atoms with Crippen LogP contribution in [0, 0.1) is 12.4 Å². The first-order valence-corrected chi connectivity index (χ1v) is 18.0. The van der Waals surface area contributed by atoms with Crippen LogP contribution < -0.4 is 4.90 Å². The molecule has 300 valence electrons. The van der Waals surface area contributed by atoms with Crippen molar-refractivity contribution in [2.45, 2.75) is 64.7 Å². The van der Waals surface area contributed by atoms with Gasteiger partial charge in [-0.1, -0.05) is 133 Å². The van der Waals surface area contributed by atoms with E-state index in [2.05, 4.69) is 70.2 Å². The third-order valence-corrected chi connectivity index (χ3v) is 9.30. The number of pyridine rings is 2. The molecule has 0 unspecified atom stereocenters. The molecule has 0 saturated carbocycles. The van der Waals surface area contributed by atoms with Crippen molar-refractivity contribution in [1.82, 2.24) is 29.5 Å². The van der Waals surface area contributed by atoms with Gasteiger partial charge in [-0.05, 0) is 68.5 Å². The molecule has 0 saturated heterocycles. The first-order valence-electron chi connectivity index (χ1n) is 18.0. The maximum Gasteiger partial charge on any atom is 2.00 e. The molecule has 4 heterocycles. The van der Waals surface area contributed by atoms with Crippen molar-refractivity contribution in [3.8, 4) is 33.9 Å². The summed E-state index contributed by atoms with van der Waals surface area (Å²) < 4.78 is 85.1. The van der Waals surface area contributed by atoms with Crippen LogP contribution in [-0.2, 0) is 44.2 Å². The number of aromatic nitrogens is 6. The molecule has 7 nitrogen and oxygen atoms in total. The van der Waals surface area contributed by atoms with Crippen LogP contribution in [0.4, 0.5) is 43.7 Å². The van der Waals surface area contributed by atoms with Crippen molar-refractivity contribution in [2.75, 3.05) is 4.90 Å². The van der Waals surface area contributed by atoms with E-state index < -0.39 is 23.7 Å². The summed E-state index contributed by atoms with van der Waals surface area (Å²) in [4.78, 5) is 11.7. The Morgan fingerprint density at radius 2 is 0.897 bits per heavy atom. The third-order valence-electron chi connectivity index (χ3n) is 9.30. The van der Waals surface area contributed by atoms with Crippen molar-refractivity contribution in [3.63, 3.8) is 0 Å². The zero-order valence-corrected chi connectivity index (χ0v) is 34.5. The molecule has 0 spiro atoms. The van der Waals surface area contributed by atoms with E-state index in [0.29, 0.717) is 27.9 Å². The van der Waals surface area contributed by atoms with Crippen LogP contribution in [0.25, 0.3) is 33.9 Å². The van der Waals surface area contributed by atoms with Gasteiger partial charge < -0.3 is 9.36 Å². The van der Waals surface area contributed by atoms with Gasteiger partial charge in [0.15, 0.2) is 0 Å². The Labute approximate surface area is 346 Å². The van der Waals surface area contributed by atoms with Crippen LogP contribution in [0.2, 0.25) is 0 Å². The summed E-state index contributed by atoms with van der Waals surface area (Å²) in [6.07, 6.45) is -4.27. The molecule has 0 aliphatic rings. The Bertz CT molecular complexity index is 2360. The second-order valence-corrected chi connectivity index (χ2v) is 15.6. The van der Waals surface area contributed by atoms with Crippen molar-refractivity contribution in [2.24, 2.45) is 0 Å². The number of halogens is 6. The summed E-state index contributed by atoms with van der Waals surface area (Å²) >= 11 is 0. The third kappa shape index (κ3) is 8.79. The minimum atomic E-state index is -4.73. The molecule has 0 fully saturated rings. The molecule has 7 aromatic rings. The predicted octanol–water partition coefficient (Wildman–Crippen LogP) is 11.9. The molecule has 0 bridgehead atoms. The minimum Gasteiger partial charge on any atom is -0.343 e. The van der Waals surface area contributed by atoms with Gasteiger partial charge in [-0.25, -0.2) is 0 Å². The first-order chi connectivity index (χ1) is 26.8.